The number of carbonyl (C=O) groups excluding carboxylic acids is 1. The van der Waals surface area contributed by atoms with Crippen molar-refractivity contribution in [1.29, 1.82) is 0 Å². The van der Waals surface area contributed by atoms with Gasteiger partial charge in [-0.3, -0.25) is 4.90 Å². The van der Waals surface area contributed by atoms with E-state index in [0.29, 0.717) is 5.92 Å². The minimum atomic E-state index is -0.451. The minimum Gasteiger partial charge on any atom is -0.464 e. The number of methoxy groups -OCH3 is 1. The quantitative estimate of drug-likeness (QED) is 0.761. The number of rotatable bonds is 4. The number of aromatic nitrogens is 2. The van der Waals surface area contributed by atoms with Gasteiger partial charge in [0.15, 0.2) is 11.5 Å². The molecule has 0 N–H and O–H groups in total. The number of piperidine rings is 1. The highest BCUT2D eigenvalue weighted by atomic mass is 16.5. The molecule has 2 fully saturated rings. The molecule has 2 aliphatic heterocycles. The maximum Gasteiger partial charge on any atom is 0.358 e. The van der Waals surface area contributed by atoms with E-state index in [9.17, 15) is 4.79 Å². The predicted molar refractivity (Wildman–Crippen MR) is 85.6 cm³/mol. The minimum absolute atomic E-state index is 0.248. The summed E-state index contributed by atoms with van der Waals surface area (Å²) in [6.45, 7) is 6.85. The van der Waals surface area contributed by atoms with Crippen LogP contribution in [0.3, 0.4) is 0 Å². The molecule has 7 nitrogen and oxygen atoms in total. The molecule has 126 valence electrons. The Labute approximate surface area is 136 Å². The molecule has 0 aliphatic carbocycles. The van der Waals surface area contributed by atoms with Crippen LogP contribution in [0.5, 0.6) is 0 Å². The van der Waals surface area contributed by atoms with Gasteiger partial charge in [0.05, 0.1) is 20.3 Å². The Morgan fingerprint density at radius 2 is 2.13 bits per heavy atom. The molecule has 23 heavy (non-hydrogen) atoms. The standard InChI is InChI=1S/C16H24N4O3/c1-22-16(21)14-4-5-15(18-17-14)20-6-2-3-13(12-20)11-19-7-9-23-10-8-19/h4-5,13H,2-3,6-12H2,1H3. The summed E-state index contributed by atoms with van der Waals surface area (Å²) in [5.74, 6) is 1.03. The van der Waals surface area contributed by atoms with Crippen molar-refractivity contribution < 1.29 is 14.3 Å². The van der Waals surface area contributed by atoms with Crippen LogP contribution < -0.4 is 4.90 Å². The SMILES string of the molecule is COC(=O)c1ccc(N2CCCC(CN3CCOCC3)C2)nn1. The van der Waals surface area contributed by atoms with Crippen LogP contribution in [0.15, 0.2) is 12.1 Å². The number of hydrogen-bond acceptors (Lipinski definition) is 7. The summed E-state index contributed by atoms with van der Waals surface area (Å²) in [7, 11) is 1.35. The van der Waals surface area contributed by atoms with E-state index in [-0.39, 0.29) is 5.69 Å². The van der Waals surface area contributed by atoms with E-state index in [2.05, 4.69) is 24.7 Å². The fraction of sp³-hybridized carbons (Fsp3) is 0.688. The monoisotopic (exact) mass is 320 g/mol. The van der Waals surface area contributed by atoms with E-state index in [0.717, 1.165) is 58.2 Å². The van der Waals surface area contributed by atoms with Crippen LogP contribution in [-0.4, -0.2) is 74.1 Å². The first-order chi connectivity index (χ1) is 11.3. The molecule has 1 aromatic rings. The van der Waals surface area contributed by atoms with Crippen LogP contribution >= 0.6 is 0 Å². The highest BCUT2D eigenvalue weighted by Gasteiger charge is 2.24. The van der Waals surface area contributed by atoms with Gasteiger partial charge in [0, 0.05) is 32.7 Å². The number of nitrogens with zero attached hydrogens (tertiary/aromatic N) is 4. The Hall–Kier alpha value is -1.73. The third-order valence-electron chi connectivity index (χ3n) is 4.51. The molecule has 0 saturated carbocycles. The Morgan fingerprint density at radius 1 is 1.30 bits per heavy atom. The van der Waals surface area contributed by atoms with Gasteiger partial charge in [-0.25, -0.2) is 4.79 Å². The first kappa shape index (κ1) is 16.1. The summed E-state index contributed by atoms with van der Waals surface area (Å²) in [4.78, 5) is 16.2. The van der Waals surface area contributed by atoms with Crippen LogP contribution in [0, 0.1) is 5.92 Å². The Bertz CT molecular complexity index is 517. The zero-order valence-corrected chi connectivity index (χ0v) is 13.6. The van der Waals surface area contributed by atoms with Gasteiger partial charge in [0.2, 0.25) is 0 Å². The normalized spacial score (nSPS) is 22.8. The molecule has 3 rings (SSSR count). The van der Waals surface area contributed by atoms with Crippen molar-refractivity contribution in [3.8, 4) is 0 Å². The van der Waals surface area contributed by atoms with Crippen LogP contribution in [-0.2, 0) is 9.47 Å². The largest absolute Gasteiger partial charge is 0.464 e. The first-order valence-electron chi connectivity index (χ1n) is 8.23. The summed E-state index contributed by atoms with van der Waals surface area (Å²) in [5, 5.41) is 8.17. The highest BCUT2D eigenvalue weighted by molar-refractivity contribution is 5.86. The summed E-state index contributed by atoms with van der Waals surface area (Å²) in [5.41, 5.74) is 0.248. The van der Waals surface area contributed by atoms with Gasteiger partial charge >= 0.3 is 5.97 Å². The van der Waals surface area contributed by atoms with Crippen molar-refractivity contribution in [1.82, 2.24) is 15.1 Å². The van der Waals surface area contributed by atoms with E-state index >= 15 is 0 Å². The van der Waals surface area contributed by atoms with E-state index in [1.54, 1.807) is 6.07 Å². The van der Waals surface area contributed by atoms with E-state index in [4.69, 9.17) is 4.74 Å². The topological polar surface area (TPSA) is 67.8 Å². The number of anilines is 1. The lowest BCUT2D eigenvalue weighted by Crippen LogP contribution is -2.44. The van der Waals surface area contributed by atoms with Crippen molar-refractivity contribution in [3.05, 3.63) is 17.8 Å². The lowest BCUT2D eigenvalue weighted by atomic mass is 9.97. The lowest BCUT2D eigenvalue weighted by Gasteiger charge is -2.37. The van der Waals surface area contributed by atoms with Crippen molar-refractivity contribution >= 4 is 11.8 Å². The van der Waals surface area contributed by atoms with Gasteiger partial charge in [0.25, 0.3) is 0 Å². The van der Waals surface area contributed by atoms with Crippen molar-refractivity contribution in [2.75, 3.05) is 57.9 Å². The fourth-order valence-electron chi connectivity index (χ4n) is 3.28. The van der Waals surface area contributed by atoms with Gasteiger partial charge in [-0.05, 0) is 30.9 Å². The summed E-state index contributed by atoms with van der Waals surface area (Å²) < 4.78 is 10.1. The maximum atomic E-state index is 11.4. The van der Waals surface area contributed by atoms with E-state index < -0.39 is 5.97 Å². The Kier molecular flexibility index (Phi) is 5.40. The first-order valence-corrected chi connectivity index (χ1v) is 8.23. The second kappa shape index (κ2) is 7.70. The van der Waals surface area contributed by atoms with Crippen LogP contribution in [0.4, 0.5) is 5.82 Å². The molecule has 3 heterocycles. The zero-order valence-electron chi connectivity index (χ0n) is 13.6. The molecular weight excluding hydrogens is 296 g/mol. The molecule has 2 saturated heterocycles. The molecule has 0 radical (unpaired) electrons. The van der Waals surface area contributed by atoms with Gasteiger partial charge in [-0.2, -0.15) is 0 Å². The predicted octanol–water partition coefficient (Wildman–Crippen LogP) is 0.812. The van der Waals surface area contributed by atoms with E-state index in [1.807, 2.05) is 6.07 Å². The molecule has 0 amide bonds. The van der Waals surface area contributed by atoms with Gasteiger partial charge in [-0.1, -0.05) is 0 Å². The third kappa shape index (κ3) is 4.17. The van der Waals surface area contributed by atoms with E-state index in [1.165, 1.54) is 13.5 Å². The molecule has 1 aromatic heterocycles. The Balaban J connectivity index is 1.58. The second-order valence-corrected chi connectivity index (χ2v) is 6.14. The molecule has 0 aromatic carbocycles. The lowest BCUT2D eigenvalue weighted by molar-refractivity contribution is 0.0296. The molecule has 2 aliphatic rings. The molecule has 0 bridgehead atoms. The Morgan fingerprint density at radius 3 is 2.83 bits per heavy atom. The number of carbonyl (C=O) groups is 1. The van der Waals surface area contributed by atoms with Crippen LogP contribution in [0.2, 0.25) is 0 Å². The fourth-order valence-corrected chi connectivity index (χ4v) is 3.28. The summed E-state index contributed by atoms with van der Waals surface area (Å²) in [6, 6.07) is 3.54. The summed E-state index contributed by atoms with van der Waals surface area (Å²) >= 11 is 0. The van der Waals surface area contributed by atoms with Gasteiger partial charge in [0.1, 0.15) is 0 Å². The number of morpholine rings is 1. The maximum absolute atomic E-state index is 11.4. The summed E-state index contributed by atoms with van der Waals surface area (Å²) in [6.07, 6.45) is 2.41. The van der Waals surface area contributed by atoms with Crippen LogP contribution in [0.25, 0.3) is 0 Å². The van der Waals surface area contributed by atoms with Gasteiger partial charge in [-0.15, -0.1) is 10.2 Å². The smallest absolute Gasteiger partial charge is 0.358 e. The molecular formula is C16H24N4O3. The van der Waals surface area contributed by atoms with Crippen molar-refractivity contribution in [2.45, 2.75) is 12.8 Å². The average Bonchev–Trinajstić information content (AvgIpc) is 2.62. The average molecular weight is 320 g/mol. The second-order valence-electron chi connectivity index (χ2n) is 6.14. The van der Waals surface area contributed by atoms with Crippen molar-refractivity contribution in [3.63, 3.8) is 0 Å². The van der Waals surface area contributed by atoms with Crippen molar-refractivity contribution in [2.24, 2.45) is 5.92 Å². The molecule has 7 heteroatoms. The number of hydrogen-bond donors (Lipinski definition) is 0. The number of esters is 1. The molecule has 1 unspecified atom stereocenters. The van der Waals surface area contributed by atoms with Gasteiger partial charge < -0.3 is 14.4 Å². The van der Waals surface area contributed by atoms with Crippen LogP contribution in [0.1, 0.15) is 23.3 Å². The third-order valence-corrected chi connectivity index (χ3v) is 4.51. The molecule has 1 atom stereocenters. The number of ether oxygens (including phenoxy) is 2. The highest BCUT2D eigenvalue weighted by Crippen LogP contribution is 2.22. The zero-order chi connectivity index (χ0) is 16.1. The molecule has 0 spiro atoms.